The number of rotatable bonds is 9. The van der Waals surface area contributed by atoms with Crippen molar-refractivity contribution < 1.29 is 18.8 Å². The quantitative estimate of drug-likeness (QED) is 0.448. The van der Waals surface area contributed by atoms with Gasteiger partial charge in [-0.25, -0.2) is 0 Å². The van der Waals surface area contributed by atoms with E-state index in [9.17, 15) is 9.59 Å². The maximum Gasteiger partial charge on any atom is 0.302 e. The number of hydrogen-bond donors (Lipinski definition) is 0. The van der Waals surface area contributed by atoms with Crippen molar-refractivity contribution in [1.82, 2.24) is 10.1 Å². The van der Waals surface area contributed by atoms with Crippen LogP contribution in [-0.4, -0.2) is 28.5 Å². The van der Waals surface area contributed by atoms with Gasteiger partial charge in [-0.15, -0.1) is 0 Å². The van der Waals surface area contributed by atoms with Gasteiger partial charge in [0.2, 0.25) is 11.7 Å². The Labute approximate surface area is 185 Å². The highest BCUT2D eigenvalue weighted by Gasteiger charge is 2.22. The van der Waals surface area contributed by atoms with E-state index in [1.807, 2.05) is 30.3 Å². The highest BCUT2D eigenvalue weighted by atomic mass is 16.5. The molecule has 1 fully saturated rings. The van der Waals surface area contributed by atoms with E-state index in [2.05, 4.69) is 14.9 Å². The number of ether oxygens (including phenoxy) is 1. The SMILES string of the molecule is CC(=O)C[C@@H](CCCC1CCCCC1)c1nc(-c2ccccc2)no1.CCOC(C)=O. The fourth-order valence-electron chi connectivity index (χ4n) is 4.10. The van der Waals surface area contributed by atoms with E-state index in [4.69, 9.17) is 4.52 Å². The molecule has 1 aromatic carbocycles. The molecule has 0 saturated heterocycles. The smallest absolute Gasteiger partial charge is 0.302 e. The zero-order chi connectivity index (χ0) is 22.5. The van der Waals surface area contributed by atoms with Crippen molar-refractivity contribution in [3.63, 3.8) is 0 Å². The van der Waals surface area contributed by atoms with Crippen LogP contribution in [0.5, 0.6) is 0 Å². The van der Waals surface area contributed by atoms with Crippen LogP contribution in [0.3, 0.4) is 0 Å². The van der Waals surface area contributed by atoms with Crippen LogP contribution in [-0.2, 0) is 14.3 Å². The topological polar surface area (TPSA) is 82.3 Å². The molecule has 0 radical (unpaired) electrons. The van der Waals surface area contributed by atoms with Gasteiger partial charge in [0.15, 0.2) is 0 Å². The molecule has 1 aromatic heterocycles. The molecule has 170 valence electrons. The Balaban J connectivity index is 0.000000501. The molecule has 1 aliphatic carbocycles. The third kappa shape index (κ3) is 9.45. The van der Waals surface area contributed by atoms with Crippen LogP contribution in [0.4, 0.5) is 0 Å². The summed E-state index contributed by atoms with van der Waals surface area (Å²) in [5.41, 5.74) is 0.946. The van der Waals surface area contributed by atoms with Crippen LogP contribution >= 0.6 is 0 Å². The molecule has 1 aliphatic rings. The molecule has 6 heteroatoms. The molecule has 0 aliphatic heterocycles. The van der Waals surface area contributed by atoms with Crippen molar-refractivity contribution in [3.05, 3.63) is 36.2 Å². The molecule has 0 spiro atoms. The highest BCUT2D eigenvalue weighted by Crippen LogP contribution is 2.31. The van der Waals surface area contributed by atoms with Gasteiger partial charge in [0, 0.05) is 24.8 Å². The summed E-state index contributed by atoms with van der Waals surface area (Å²) in [5.74, 6) is 2.11. The fourth-order valence-corrected chi connectivity index (χ4v) is 4.10. The normalized spacial score (nSPS) is 14.9. The zero-order valence-corrected chi connectivity index (χ0v) is 19.1. The first-order valence-electron chi connectivity index (χ1n) is 11.5. The number of nitrogens with zero attached hydrogens (tertiary/aromatic N) is 2. The summed E-state index contributed by atoms with van der Waals surface area (Å²) in [4.78, 5) is 26.1. The van der Waals surface area contributed by atoms with Gasteiger partial charge in [-0.3, -0.25) is 4.79 Å². The van der Waals surface area contributed by atoms with Gasteiger partial charge in [-0.2, -0.15) is 4.98 Å². The molecule has 6 nitrogen and oxygen atoms in total. The lowest BCUT2D eigenvalue weighted by molar-refractivity contribution is -0.140. The molecule has 31 heavy (non-hydrogen) atoms. The van der Waals surface area contributed by atoms with E-state index in [-0.39, 0.29) is 17.7 Å². The van der Waals surface area contributed by atoms with Crippen molar-refractivity contribution >= 4 is 11.8 Å². The number of aromatic nitrogens is 2. The molecule has 0 unspecified atom stereocenters. The van der Waals surface area contributed by atoms with Gasteiger partial charge in [-0.05, 0) is 26.2 Å². The third-order valence-electron chi connectivity index (χ3n) is 5.59. The van der Waals surface area contributed by atoms with Gasteiger partial charge in [-0.1, -0.05) is 80.4 Å². The van der Waals surface area contributed by atoms with E-state index in [1.54, 1.807) is 13.8 Å². The van der Waals surface area contributed by atoms with Gasteiger partial charge in [0.25, 0.3) is 0 Å². The molecule has 0 amide bonds. The first kappa shape index (κ1) is 24.8. The molecule has 1 saturated carbocycles. The number of Topliss-reactive ketones (excluding diaryl/α,β-unsaturated/α-hetero) is 1. The van der Waals surface area contributed by atoms with Crippen LogP contribution in [0.2, 0.25) is 0 Å². The maximum absolute atomic E-state index is 11.7. The molecular weight excluding hydrogens is 392 g/mol. The second-order valence-electron chi connectivity index (χ2n) is 8.28. The van der Waals surface area contributed by atoms with E-state index < -0.39 is 0 Å². The summed E-state index contributed by atoms with van der Waals surface area (Å²) in [5, 5.41) is 4.12. The number of hydrogen-bond acceptors (Lipinski definition) is 6. The summed E-state index contributed by atoms with van der Waals surface area (Å²) in [6.45, 7) is 5.29. The number of esters is 1. The van der Waals surface area contributed by atoms with Gasteiger partial charge >= 0.3 is 5.97 Å². The first-order chi connectivity index (χ1) is 15.0. The Morgan fingerprint density at radius 3 is 2.42 bits per heavy atom. The standard InChI is InChI=1S/C21H28N2O2.C4H8O2/c1-16(24)15-19(14-8-11-17-9-4-2-5-10-17)21-22-20(23-25-21)18-12-6-3-7-13-18;1-3-6-4(2)5/h3,6-7,12-13,17,19H,2,4-5,8-11,14-15H2,1H3;3H2,1-2H3/t19-;/m1./s1. The highest BCUT2D eigenvalue weighted by molar-refractivity contribution is 5.76. The second-order valence-corrected chi connectivity index (χ2v) is 8.28. The Morgan fingerprint density at radius 2 is 1.84 bits per heavy atom. The minimum Gasteiger partial charge on any atom is -0.466 e. The summed E-state index contributed by atoms with van der Waals surface area (Å²) >= 11 is 0. The van der Waals surface area contributed by atoms with Crippen molar-refractivity contribution in [3.8, 4) is 11.4 Å². The number of benzene rings is 1. The summed E-state index contributed by atoms with van der Waals surface area (Å²) < 4.78 is 9.91. The zero-order valence-electron chi connectivity index (χ0n) is 19.1. The van der Waals surface area contributed by atoms with Crippen LogP contribution in [0.15, 0.2) is 34.9 Å². The van der Waals surface area contributed by atoms with Crippen molar-refractivity contribution in [2.75, 3.05) is 6.61 Å². The van der Waals surface area contributed by atoms with Gasteiger partial charge in [0.05, 0.1) is 6.61 Å². The number of carbonyl (C=O) groups is 2. The Morgan fingerprint density at radius 1 is 1.13 bits per heavy atom. The van der Waals surface area contributed by atoms with Gasteiger partial charge in [0.1, 0.15) is 5.78 Å². The second kappa shape index (κ2) is 13.7. The molecule has 2 aromatic rings. The minimum absolute atomic E-state index is 0.0473. The Bertz CT molecular complexity index is 782. The monoisotopic (exact) mass is 428 g/mol. The first-order valence-corrected chi connectivity index (χ1v) is 11.5. The van der Waals surface area contributed by atoms with Crippen molar-refractivity contribution in [2.45, 2.75) is 84.5 Å². The number of ketones is 1. The van der Waals surface area contributed by atoms with Crippen LogP contribution < -0.4 is 0 Å². The van der Waals surface area contributed by atoms with E-state index in [1.165, 1.54) is 45.4 Å². The number of carbonyl (C=O) groups excluding carboxylic acids is 2. The summed E-state index contributed by atoms with van der Waals surface area (Å²) in [7, 11) is 0. The van der Waals surface area contributed by atoms with Gasteiger partial charge < -0.3 is 14.1 Å². The Kier molecular flexibility index (Phi) is 11.0. The predicted molar refractivity (Wildman–Crippen MR) is 121 cm³/mol. The minimum atomic E-state index is -0.211. The summed E-state index contributed by atoms with van der Waals surface area (Å²) in [6, 6.07) is 9.83. The average Bonchev–Trinajstić information content (AvgIpc) is 3.25. The fraction of sp³-hybridized carbons (Fsp3) is 0.600. The molecule has 1 heterocycles. The maximum atomic E-state index is 11.7. The lowest BCUT2D eigenvalue weighted by atomic mass is 9.84. The van der Waals surface area contributed by atoms with E-state index in [0.29, 0.717) is 24.7 Å². The lowest BCUT2D eigenvalue weighted by Gasteiger charge is -2.22. The molecule has 0 N–H and O–H groups in total. The van der Waals surface area contributed by atoms with Crippen LogP contribution in [0.25, 0.3) is 11.4 Å². The summed E-state index contributed by atoms with van der Waals surface area (Å²) in [6.07, 6.45) is 10.7. The predicted octanol–water partition coefficient (Wildman–Crippen LogP) is 6.12. The average molecular weight is 429 g/mol. The van der Waals surface area contributed by atoms with E-state index in [0.717, 1.165) is 24.3 Å². The molecular formula is C25H36N2O4. The van der Waals surface area contributed by atoms with Crippen LogP contribution in [0.1, 0.15) is 90.4 Å². The van der Waals surface area contributed by atoms with Crippen molar-refractivity contribution in [2.24, 2.45) is 5.92 Å². The van der Waals surface area contributed by atoms with E-state index >= 15 is 0 Å². The van der Waals surface area contributed by atoms with Crippen LogP contribution in [0, 0.1) is 5.92 Å². The molecule has 0 bridgehead atoms. The molecule has 1 atom stereocenters. The third-order valence-corrected chi connectivity index (χ3v) is 5.59. The molecule has 3 rings (SSSR count). The lowest BCUT2D eigenvalue weighted by Crippen LogP contribution is -2.09. The Hall–Kier alpha value is -2.50. The van der Waals surface area contributed by atoms with Crippen molar-refractivity contribution in [1.29, 1.82) is 0 Å². The largest absolute Gasteiger partial charge is 0.466 e.